The molecule has 118 valence electrons. The Morgan fingerprint density at radius 3 is 2.82 bits per heavy atom. The lowest BCUT2D eigenvalue weighted by Gasteiger charge is -2.09. The van der Waals surface area contributed by atoms with Crippen molar-refractivity contribution in [1.82, 2.24) is 10.2 Å². The number of amides is 1. The van der Waals surface area contributed by atoms with Gasteiger partial charge in [-0.15, -0.1) is 10.2 Å². The number of ether oxygens (including phenoxy) is 2. The molecular formula is C14H16BrN3O3S. The lowest BCUT2D eigenvalue weighted by molar-refractivity contribution is 0.102. The summed E-state index contributed by atoms with van der Waals surface area (Å²) >= 11 is 4.77. The molecule has 0 spiro atoms. The molecule has 22 heavy (non-hydrogen) atoms. The first-order valence-corrected chi connectivity index (χ1v) is 8.30. The van der Waals surface area contributed by atoms with E-state index >= 15 is 0 Å². The molecule has 0 aliphatic heterocycles. The Morgan fingerprint density at radius 1 is 1.36 bits per heavy atom. The second-order valence-electron chi connectivity index (χ2n) is 4.30. The van der Waals surface area contributed by atoms with E-state index in [0.717, 1.165) is 11.4 Å². The predicted octanol–water partition coefficient (Wildman–Crippen LogP) is 3.14. The summed E-state index contributed by atoms with van der Waals surface area (Å²) in [5, 5.41) is 12.0. The third-order valence-corrected chi connectivity index (χ3v) is 4.33. The van der Waals surface area contributed by atoms with Crippen LogP contribution in [0.15, 0.2) is 22.7 Å². The number of carbonyl (C=O) groups is 1. The summed E-state index contributed by atoms with van der Waals surface area (Å²) in [6, 6.07) is 5.15. The van der Waals surface area contributed by atoms with Gasteiger partial charge in [-0.25, -0.2) is 0 Å². The van der Waals surface area contributed by atoms with Gasteiger partial charge >= 0.3 is 0 Å². The number of nitrogens with one attached hydrogen (secondary N) is 1. The average molecular weight is 386 g/mol. The molecule has 0 aliphatic rings. The maximum atomic E-state index is 12.2. The quantitative estimate of drug-likeness (QED) is 0.741. The number of aromatic nitrogens is 2. The Morgan fingerprint density at radius 2 is 2.18 bits per heavy atom. The Bertz CT molecular complexity index is 648. The van der Waals surface area contributed by atoms with Crippen LogP contribution in [0.25, 0.3) is 0 Å². The van der Waals surface area contributed by atoms with E-state index in [1.165, 1.54) is 11.3 Å². The molecule has 0 atom stereocenters. The summed E-state index contributed by atoms with van der Waals surface area (Å²) in [5.41, 5.74) is 0.513. The zero-order valence-electron chi connectivity index (χ0n) is 12.3. The fourth-order valence-electron chi connectivity index (χ4n) is 1.61. The fraction of sp³-hybridized carbons (Fsp3) is 0.357. The molecule has 1 N–H and O–H groups in total. The molecule has 0 aliphatic carbocycles. The van der Waals surface area contributed by atoms with Gasteiger partial charge in [0, 0.05) is 12.7 Å². The van der Waals surface area contributed by atoms with Crippen LogP contribution in [0.4, 0.5) is 5.13 Å². The number of aryl methyl sites for hydroxylation is 1. The standard InChI is InChI=1S/C14H16BrN3O3S/c1-3-12-17-18-14(22-12)16-13(19)9-4-5-11(10(15)8-9)21-7-6-20-2/h4-5,8H,3,6-7H2,1-2H3,(H,16,18,19). The third kappa shape index (κ3) is 4.49. The third-order valence-electron chi connectivity index (χ3n) is 2.73. The Kier molecular flexibility index (Phi) is 6.29. The van der Waals surface area contributed by atoms with Crippen LogP contribution in [0.2, 0.25) is 0 Å². The average Bonchev–Trinajstić information content (AvgIpc) is 2.96. The highest BCUT2D eigenvalue weighted by molar-refractivity contribution is 9.10. The molecule has 1 heterocycles. The maximum Gasteiger partial charge on any atom is 0.257 e. The number of rotatable bonds is 7. The largest absolute Gasteiger partial charge is 0.490 e. The van der Waals surface area contributed by atoms with Crippen molar-refractivity contribution in [3.63, 3.8) is 0 Å². The Balaban J connectivity index is 2.02. The summed E-state index contributed by atoms with van der Waals surface area (Å²) in [6.07, 6.45) is 0.798. The SMILES string of the molecule is CCc1nnc(NC(=O)c2ccc(OCCOC)c(Br)c2)s1. The molecule has 1 aromatic heterocycles. The first kappa shape index (κ1) is 16.9. The molecule has 1 aromatic carbocycles. The van der Waals surface area contributed by atoms with Crippen LogP contribution in [0.1, 0.15) is 22.3 Å². The summed E-state index contributed by atoms with van der Waals surface area (Å²) in [6.45, 7) is 2.95. The molecular weight excluding hydrogens is 370 g/mol. The Labute approximate surface area is 141 Å². The fourth-order valence-corrected chi connectivity index (χ4v) is 2.78. The molecule has 0 fully saturated rings. The summed E-state index contributed by atoms with van der Waals surface area (Å²) < 4.78 is 11.2. The van der Waals surface area contributed by atoms with Gasteiger partial charge in [-0.1, -0.05) is 18.3 Å². The normalized spacial score (nSPS) is 10.5. The van der Waals surface area contributed by atoms with E-state index in [1.54, 1.807) is 25.3 Å². The lowest BCUT2D eigenvalue weighted by Crippen LogP contribution is -2.12. The number of nitrogens with zero attached hydrogens (tertiary/aromatic N) is 2. The van der Waals surface area contributed by atoms with Crippen molar-refractivity contribution in [1.29, 1.82) is 0 Å². The van der Waals surface area contributed by atoms with Crippen LogP contribution in [0.3, 0.4) is 0 Å². The predicted molar refractivity (Wildman–Crippen MR) is 88.8 cm³/mol. The van der Waals surface area contributed by atoms with Crippen LogP contribution in [0, 0.1) is 0 Å². The molecule has 2 rings (SSSR count). The number of carbonyl (C=O) groups excluding carboxylic acids is 1. The molecule has 6 nitrogen and oxygen atoms in total. The van der Waals surface area contributed by atoms with E-state index in [2.05, 4.69) is 31.4 Å². The number of hydrogen-bond donors (Lipinski definition) is 1. The monoisotopic (exact) mass is 385 g/mol. The van der Waals surface area contributed by atoms with Crippen molar-refractivity contribution in [2.24, 2.45) is 0 Å². The first-order valence-electron chi connectivity index (χ1n) is 6.69. The van der Waals surface area contributed by atoms with Gasteiger partial charge < -0.3 is 9.47 Å². The van der Waals surface area contributed by atoms with Crippen molar-refractivity contribution in [2.45, 2.75) is 13.3 Å². The van der Waals surface area contributed by atoms with Crippen molar-refractivity contribution < 1.29 is 14.3 Å². The van der Waals surface area contributed by atoms with Crippen LogP contribution in [-0.2, 0) is 11.2 Å². The molecule has 0 saturated carbocycles. The van der Waals surface area contributed by atoms with Crippen molar-refractivity contribution in [2.75, 3.05) is 25.6 Å². The second-order valence-corrected chi connectivity index (χ2v) is 6.21. The van der Waals surface area contributed by atoms with Crippen molar-refractivity contribution >= 4 is 38.3 Å². The van der Waals surface area contributed by atoms with Crippen LogP contribution >= 0.6 is 27.3 Å². The van der Waals surface area contributed by atoms with Crippen LogP contribution in [-0.4, -0.2) is 36.4 Å². The van der Waals surface area contributed by atoms with E-state index in [0.29, 0.717) is 34.1 Å². The zero-order chi connectivity index (χ0) is 15.9. The summed E-state index contributed by atoms with van der Waals surface area (Å²) in [7, 11) is 1.61. The van der Waals surface area contributed by atoms with E-state index in [-0.39, 0.29) is 5.91 Å². The van der Waals surface area contributed by atoms with E-state index in [9.17, 15) is 4.79 Å². The summed E-state index contributed by atoms with van der Waals surface area (Å²) in [5.74, 6) is 0.431. The topological polar surface area (TPSA) is 73.3 Å². The number of halogens is 1. The van der Waals surface area contributed by atoms with Gasteiger partial charge in [0.15, 0.2) is 0 Å². The van der Waals surface area contributed by atoms with Gasteiger partial charge in [-0.05, 0) is 40.5 Å². The van der Waals surface area contributed by atoms with Gasteiger partial charge in [-0.3, -0.25) is 10.1 Å². The van der Waals surface area contributed by atoms with E-state index in [4.69, 9.17) is 9.47 Å². The minimum absolute atomic E-state index is 0.233. The maximum absolute atomic E-state index is 12.2. The van der Waals surface area contributed by atoms with Crippen LogP contribution in [0.5, 0.6) is 5.75 Å². The molecule has 8 heteroatoms. The van der Waals surface area contributed by atoms with Gasteiger partial charge in [-0.2, -0.15) is 0 Å². The highest BCUT2D eigenvalue weighted by Crippen LogP contribution is 2.26. The number of hydrogen-bond acceptors (Lipinski definition) is 6. The lowest BCUT2D eigenvalue weighted by atomic mass is 10.2. The molecule has 0 saturated heterocycles. The minimum atomic E-state index is -0.233. The number of benzene rings is 1. The smallest absolute Gasteiger partial charge is 0.257 e. The van der Waals surface area contributed by atoms with E-state index < -0.39 is 0 Å². The molecule has 2 aromatic rings. The van der Waals surface area contributed by atoms with Crippen molar-refractivity contribution in [3.8, 4) is 5.75 Å². The molecule has 0 bridgehead atoms. The van der Waals surface area contributed by atoms with Gasteiger partial charge in [0.2, 0.25) is 5.13 Å². The highest BCUT2D eigenvalue weighted by atomic mass is 79.9. The van der Waals surface area contributed by atoms with Gasteiger partial charge in [0.25, 0.3) is 5.91 Å². The van der Waals surface area contributed by atoms with Crippen LogP contribution < -0.4 is 10.1 Å². The highest BCUT2D eigenvalue weighted by Gasteiger charge is 2.12. The zero-order valence-corrected chi connectivity index (χ0v) is 14.7. The first-order chi connectivity index (χ1) is 10.6. The molecule has 0 radical (unpaired) electrons. The number of anilines is 1. The Hall–Kier alpha value is -1.51. The molecule has 0 unspecified atom stereocenters. The second kappa shape index (κ2) is 8.21. The number of methoxy groups -OCH3 is 1. The van der Waals surface area contributed by atoms with Crippen molar-refractivity contribution in [3.05, 3.63) is 33.2 Å². The molecule has 1 amide bonds. The van der Waals surface area contributed by atoms with E-state index in [1.807, 2.05) is 6.92 Å². The minimum Gasteiger partial charge on any atom is -0.490 e. The van der Waals surface area contributed by atoms with Gasteiger partial charge in [0.1, 0.15) is 17.4 Å². The van der Waals surface area contributed by atoms with Gasteiger partial charge in [0.05, 0.1) is 11.1 Å². The summed E-state index contributed by atoms with van der Waals surface area (Å²) in [4.78, 5) is 12.2.